The van der Waals surface area contributed by atoms with Gasteiger partial charge in [0.05, 0.1) is 11.8 Å². The third kappa shape index (κ3) is 4.87. The molecule has 1 aromatic heterocycles. The van der Waals surface area contributed by atoms with E-state index in [-0.39, 0.29) is 18.1 Å². The highest BCUT2D eigenvalue weighted by atomic mass is 16.5. The Bertz CT molecular complexity index is 374. The van der Waals surface area contributed by atoms with E-state index in [9.17, 15) is 4.79 Å². The topological polar surface area (TPSA) is 56.2 Å². The second-order valence-electron chi connectivity index (χ2n) is 4.68. The van der Waals surface area contributed by atoms with Gasteiger partial charge in [-0.3, -0.25) is 9.48 Å². The van der Waals surface area contributed by atoms with Crippen LogP contribution in [0.1, 0.15) is 38.9 Å². The van der Waals surface area contributed by atoms with E-state index in [1.165, 1.54) is 0 Å². The van der Waals surface area contributed by atoms with E-state index in [1.54, 1.807) is 4.68 Å². The number of carbonyl (C=O) groups excluding carboxylic acids is 1. The number of aryl methyl sites for hydroxylation is 1. The van der Waals surface area contributed by atoms with Crippen LogP contribution in [-0.2, 0) is 9.53 Å². The van der Waals surface area contributed by atoms with Crippen molar-refractivity contribution in [3.05, 3.63) is 18.0 Å². The monoisotopic (exact) mass is 253 g/mol. The van der Waals surface area contributed by atoms with Gasteiger partial charge in [0.2, 0.25) is 5.91 Å². The fourth-order valence-electron chi connectivity index (χ4n) is 1.52. The van der Waals surface area contributed by atoms with Crippen molar-refractivity contribution in [3.8, 4) is 0 Å². The molecule has 18 heavy (non-hydrogen) atoms. The molecule has 0 saturated heterocycles. The van der Waals surface area contributed by atoms with Gasteiger partial charge in [-0.05, 0) is 40.2 Å². The van der Waals surface area contributed by atoms with Crippen LogP contribution in [0.25, 0.3) is 0 Å². The first-order valence-electron chi connectivity index (χ1n) is 6.41. The number of rotatable bonds is 7. The second kappa shape index (κ2) is 7.16. The number of amides is 1. The summed E-state index contributed by atoms with van der Waals surface area (Å²) in [7, 11) is 0. The van der Waals surface area contributed by atoms with Crippen molar-refractivity contribution in [3.63, 3.8) is 0 Å². The standard InChI is InChI=1S/C13H23N3O2/c1-10(2)18-9-5-7-14-13(17)12(4)16-8-6-11(3)15-16/h6,8,10,12H,5,7,9H2,1-4H3,(H,14,17). The molecule has 1 rings (SSSR count). The number of nitrogens with one attached hydrogen (secondary N) is 1. The van der Waals surface area contributed by atoms with Crippen molar-refractivity contribution in [2.24, 2.45) is 0 Å². The molecule has 1 unspecified atom stereocenters. The van der Waals surface area contributed by atoms with Crippen molar-refractivity contribution in [2.45, 2.75) is 46.3 Å². The molecule has 0 aliphatic heterocycles. The number of hydrogen-bond acceptors (Lipinski definition) is 3. The molecule has 5 nitrogen and oxygen atoms in total. The van der Waals surface area contributed by atoms with Gasteiger partial charge in [-0.1, -0.05) is 0 Å². The van der Waals surface area contributed by atoms with Gasteiger partial charge in [-0.15, -0.1) is 0 Å². The van der Waals surface area contributed by atoms with Crippen molar-refractivity contribution < 1.29 is 9.53 Å². The van der Waals surface area contributed by atoms with Gasteiger partial charge in [-0.2, -0.15) is 5.10 Å². The molecule has 1 aromatic rings. The maximum atomic E-state index is 11.8. The number of carbonyl (C=O) groups is 1. The molecular formula is C13H23N3O2. The first-order valence-corrected chi connectivity index (χ1v) is 6.41. The van der Waals surface area contributed by atoms with Gasteiger partial charge in [0, 0.05) is 19.3 Å². The summed E-state index contributed by atoms with van der Waals surface area (Å²) >= 11 is 0. The Morgan fingerprint density at radius 2 is 2.22 bits per heavy atom. The van der Waals surface area contributed by atoms with Gasteiger partial charge in [-0.25, -0.2) is 0 Å². The molecule has 0 bridgehead atoms. The molecule has 0 aliphatic rings. The zero-order valence-electron chi connectivity index (χ0n) is 11.6. The average Bonchev–Trinajstić information content (AvgIpc) is 2.73. The molecule has 0 spiro atoms. The number of hydrogen-bond donors (Lipinski definition) is 1. The second-order valence-corrected chi connectivity index (χ2v) is 4.68. The first-order chi connectivity index (χ1) is 8.50. The van der Waals surface area contributed by atoms with Crippen LogP contribution in [0.5, 0.6) is 0 Å². The highest BCUT2D eigenvalue weighted by Crippen LogP contribution is 2.05. The predicted octanol–water partition coefficient (Wildman–Crippen LogP) is 1.68. The van der Waals surface area contributed by atoms with Crippen molar-refractivity contribution in [2.75, 3.05) is 13.2 Å². The molecule has 1 N–H and O–H groups in total. The van der Waals surface area contributed by atoms with Crippen LogP contribution in [0.4, 0.5) is 0 Å². The van der Waals surface area contributed by atoms with E-state index in [0.717, 1.165) is 12.1 Å². The lowest BCUT2D eigenvalue weighted by Crippen LogP contribution is -2.32. The van der Waals surface area contributed by atoms with Gasteiger partial charge < -0.3 is 10.1 Å². The summed E-state index contributed by atoms with van der Waals surface area (Å²) < 4.78 is 7.08. The average molecular weight is 253 g/mol. The fourth-order valence-corrected chi connectivity index (χ4v) is 1.52. The van der Waals surface area contributed by atoms with Crippen LogP contribution in [0.2, 0.25) is 0 Å². The Hall–Kier alpha value is -1.36. The van der Waals surface area contributed by atoms with Gasteiger partial charge in [0.15, 0.2) is 0 Å². The van der Waals surface area contributed by atoms with Crippen molar-refractivity contribution >= 4 is 5.91 Å². The Balaban J connectivity index is 2.24. The minimum absolute atomic E-state index is 0.0114. The van der Waals surface area contributed by atoms with Crippen molar-refractivity contribution in [1.29, 1.82) is 0 Å². The van der Waals surface area contributed by atoms with Gasteiger partial charge in [0.1, 0.15) is 6.04 Å². The number of ether oxygens (including phenoxy) is 1. The summed E-state index contributed by atoms with van der Waals surface area (Å²) in [6.07, 6.45) is 2.89. The highest BCUT2D eigenvalue weighted by molar-refractivity contribution is 5.79. The molecule has 0 radical (unpaired) electrons. The normalized spacial score (nSPS) is 12.7. The zero-order valence-corrected chi connectivity index (χ0v) is 11.6. The summed E-state index contributed by atoms with van der Waals surface area (Å²) in [4.78, 5) is 11.8. The van der Waals surface area contributed by atoms with E-state index in [2.05, 4.69) is 10.4 Å². The van der Waals surface area contributed by atoms with Crippen LogP contribution in [0.3, 0.4) is 0 Å². The summed E-state index contributed by atoms with van der Waals surface area (Å²) in [6, 6.07) is 1.62. The Morgan fingerprint density at radius 1 is 1.50 bits per heavy atom. The number of aromatic nitrogens is 2. The van der Waals surface area contributed by atoms with Crippen LogP contribution in [-0.4, -0.2) is 34.9 Å². The lowest BCUT2D eigenvalue weighted by atomic mass is 10.3. The molecule has 0 aromatic carbocycles. The molecule has 1 amide bonds. The van der Waals surface area contributed by atoms with E-state index in [0.29, 0.717) is 13.2 Å². The zero-order chi connectivity index (χ0) is 13.5. The summed E-state index contributed by atoms with van der Waals surface area (Å²) in [5, 5.41) is 7.11. The van der Waals surface area contributed by atoms with Crippen LogP contribution >= 0.6 is 0 Å². The maximum absolute atomic E-state index is 11.8. The minimum atomic E-state index is -0.273. The smallest absolute Gasteiger partial charge is 0.244 e. The number of nitrogens with zero attached hydrogens (tertiary/aromatic N) is 2. The minimum Gasteiger partial charge on any atom is -0.379 e. The Labute approximate surface area is 109 Å². The van der Waals surface area contributed by atoms with Gasteiger partial charge >= 0.3 is 0 Å². The fraction of sp³-hybridized carbons (Fsp3) is 0.692. The SMILES string of the molecule is Cc1ccn(C(C)C(=O)NCCCOC(C)C)n1. The Morgan fingerprint density at radius 3 is 2.78 bits per heavy atom. The molecule has 0 saturated carbocycles. The van der Waals surface area contributed by atoms with Crippen LogP contribution in [0, 0.1) is 6.92 Å². The van der Waals surface area contributed by atoms with E-state index < -0.39 is 0 Å². The molecule has 0 aliphatic carbocycles. The summed E-state index contributed by atoms with van der Waals surface area (Å²) in [6.45, 7) is 9.06. The quantitative estimate of drug-likeness (QED) is 0.752. The van der Waals surface area contributed by atoms with Gasteiger partial charge in [0.25, 0.3) is 0 Å². The molecule has 1 atom stereocenters. The van der Waals surface area contributed by atoms with Crippen LogP contribution < -0.4 is 5.32 Å². The van der Waals surface area contributed by atoms with Crippen molar-refractivity contribution in [1.82, 2.24) is 15.1 Å². The predicted molar refractivity (Wildman–Crippen MR) is 70.4 cm³/mol. The highest BCUT2D eigenvalue weighted by Gasteiger charge is 2.14. The lowest BCUT2D eigenvalue weighted by Gasteiger charge is -2.13. The molecular weight excluding hydrogens is 230 g/mol. The summed E-state index contributed by atoms with van der Waals surface area (Å²) in [5.74, 6) is -0.0114. The van der Waals surface area contributed by atoms with E-state index in [4.69, 9.17) is 4.74 Å². The Kier molecular flexibility index (Phi) is 5.85. The molecule has 102 valence electrons. The molecule has 0 fully saturated rings. The molecule has 1 heterocycles. The third-order valence-electron chi connectivity index (χ3n) is 2.59. The lowest BCUT2D eigenvalue weighted by molar-refractivity contribution is -0.124. The largest absolute Gasteiger partial charge is 0.379 e. The van der Waals surface area contributed by atoms with Crippen LogP contribution in [0.15, 0.2) is 12.3 Å². The molecule has 5 heteroatoms. The first kappa shape index (κ1) is 14.7. The maximum Gasteiger partial charge on any atom is 0.244 e. The summed E-state index contributed by atoms with van der Waals surface area (Å²) in [5.41, 5.74) is 0.917. The van der Waals surface area contributed by atoms with E-state index >= 15 is 0 Å². The third-order valence-corrected chi connectivity index (χ3v) is 2.59. The van der Waals surface area contributed by atoms with E-state index in [1.807, 2.05) is 40.0 Å².